The van der Waals surface area contributed by atoms with Gasteiger partial charge in [0.2, 0.25) is 0 Å². The third-order valence-corrected chi connectivity index (χ3v) is 7.02. The maximum Gasteiger partial charge on any atom is 0.190 e. The number of aromatic nitrogens is 1. The largest absolute Gasteiger partial charge is 0.369 e. The molecule has 1 aromatic heterocycles. The first kappa shape index (κ1) is 21.9. The van der Waals surface area contributed by atoms with Crippen molar-refractivity contribution in [2.24, 2.45) is 11.8 Å². The maximum absolute atomic E-state index is 13.5. The van der Waals surface area contributed by atoms with Gasteiger partial charge in [0.15, 0.2) is 11.6 Å². The molecular formula is C27H36N2O2. The summed E-state index contributed by atoms with van der Waals surface area (Å²) in [4.78, 5) is 26.8. The van der Waals surface area contributed by atoms with Gasteiger partial charge >= 0.3 is 0 Å². The number of carbonyl (C=O) groups is 2. The molecule has 1 fully saturated rings. The second-order valence-electron chi connectivity index (χ2n) is 9.94. The standard InChI is InChI=1S/C27H36N2O2/c1-5-21-26(30)23(14-17(2)3)22-15-24(28-20-8-6-7-9-20)29(25(22)27(21)31)16-19-12-10-18(4)11-13-19/h10-13,15,17,20-21,23,28H,5-9,14,16H2,1-4H3. The number of aryl methyl sites for hydroxylation is 1. The monoisotopic (exact) mass is 420 g/mol. The highest BCUT2D eigenvalue weighted by Crippen LogP contribution is 2.41. The number of benzene rings is 1. The van der Waals surface area contributed by atoms with Gasteiger partial charge in [-0.15, -0.1) is 0 Å². The zero-order valence-corrected chi connectivity index (χ0v) is 19.4. The Hall–Kier alpha value is -2.36. The Labute approximate surface area is 186 Å². The summed E-state index contributed by atoms with van der Waals surface area (Å²) in [5, 5.41) is 3.74. The zero-order chi connectivity index (χ0) is 22.1. The Bertz CT molecular complexity index is 948. The van der Waals surface area contributed by atoms with E-state index in [1.165, 1.54) is 36.8 Å². The normalized spacial score (nSPS) is 21.7. The molecule has 2 atom stereocenters. The minimum atomic E-state index is -0.512. The van der Waals surface area contributed by atoms with Crippen LogP contribution in [0.5, 0.6) is 0 Å². The third-order valence-electron chi connectivity index (χ3n) is 7.02. The molecule has 1 aromatic carbocycles. The zero-order valence-electron chi connectivity index (χ0n) is 19.4. The van der Waals surface area contributed by atoms with E-state index >= 15 is 0 Å². The molecule has 2 aliphatic carbocycles. The van der Waals surface area contributed by atoms with Gasteiger partial charge < -0.3 is 9.88 Å². The quantitative estimate of drug-likeness (QED) is 0.549. The van der Waals surface area contributed by atoms with E-state index < -0.39 is 5.92 Å². The number of hydrogen-bond acceptors (Lipinski definition) is 3. The van der Waals surface area contributed by atoms with Crippen LogP contribution in [0.15, 0.2) is 30.3 Å². The molecule has 166 valence electrons. The van der Waals surface area contributed by atoms with Crippen molar-refractivity contribution in [3.63, 3.8) is 0 Å². The van der Waals surface area contributed by atoms with Gasteiger partial charge in [0.1, 0.15) is 5.82 Å². The lowest BCUT2D eigenvalue weighted by atomic mass is 9.74. The summed E-state index contributed by atoms with van der Waals surface area (Å²) >= 11 is 0. The van der Waals surface area contributed by atoms with Crippen molar-refractivity contribution in [3.05, 3.63) is 52.7 Å². The fourth-order valence-electron chi connectivity index (χ4n) is 5.34. The van der Waals surface area contributed by atoms with Crippen LogP contribution in [0, 0.1) is 18.8 Å². The van der Waals surface area contributed by atoms with Crippen molar-refractivity contribution >= 4 is 17.4 Å². The van der Waals surface area contributed by atoms with Gasteiger partial charge in [-0.05, 0) is 55.7 Å². The number of hydrogen-bond donors (Lipinski definition) is 1. The van der Waals surface area contributed by atoms with E-state index in [0.717, 1.165) is 23.5 Å². The Kier molecular flexibility index (Phi) is 6.36. The first-order valence-electron chi connectivity index (χ1n) is 12.0. The summed E-state index contributed by atoms with van der Waals surface area (Å²) in [5.74, 6) is 0.842. The van der Waals surface area contributed by atoms with Gasteiger partial charge in [0.05, 0.1) is 11.6 Å². The van der Waals surface area contributed by atoms with Crippen molar-refractivity contribution in [1.29, 1.82) is 0 Å². The van der Waals surface area contributed by atoms with Crippen molar-refractivity contribution in [3.8, 4) is 0 Å². The first-order valence-corrected chi connectivity index (χ1v) is 12.0. The lowest BCUT2D eigenvalue weighted by molar-refractivity contribution is -0.123. The molecule has 2 aliphatic rings. The van der Waals surface area contributed by atoms with E-state index in [9.17, 15) is 9.59 Å². The molecule has 2 aromatic rings. The Morgan fingerprint density at radius 1 is 1.06 bits per heavy atom. The second-order valence-corrected chi connectivity index (χ2v) is 9.94. The van der Waals surface area contributed by atoms with Gasteiger partial charge in [-0.25, -0.2) is 0 Å². The van der Waals surface area contributed by atoms with Gasteiger partial charge in [-0.1, -0.05) is 63.4 Å². The summed E-state index contributed by atoms with van der Waals surface area (Å²) in [5.41, 5.74) is 4.11. The van der Waals surface area contributed by atoms with Crippen LogP contribution < -0.4 is 5.32 Å². The van der Waals surface area contributed by atoms with E-state index in [1.54, 1.807) is 0 Å². The number of fused-ring (bicyclic) bond motifs is 1. The average Bonchev–Trinajstić information content (AvgIpc) is 3.36. The fraction of sp³-hybridized carbons (Fsp3) is 0.556. The number of nitrogens with one attached hydrogen (secondary N) is 1. The Morgan fingerprint density at radius 2 is 1.74 bits per heavy atom. The van der Waals surface area contributed by atoms with Crippen molar-refractivity contribution in [2.45, 2.75) is 84.7 Å². The van der Waals surface area contributed by atoms with Gasteiger partial charge in [0.25, 0.3) is 0 Å². The van der Waals surface area contributed by atoms with Crippen molar-refractivity contribution < 1.29 is 9.59 Å². The predicted octanol–water partition coefficient (Wildman–Crippen LogP) is 6.12. The maximum atomic E-state index is 13.5. The number of Topliss-reactive ketones (excluding diaryl/α,β-unsaturated/α-hetero) is 2. The molecule has 0 saturated heterocycles. The van der Waals surface area contributed by atoms with Gasteiger partial charge in [-0.2, -0.15) is 0 Å². The van der Waals surface area contributed by atoms with Crippen LogP contribution in [-0.2, 0) is 11.3 Å². The predicted molar refractivity (Wildman–Crippen MR) is 126 cm³/mol. The molecule has 0 spiro atoms. The van der Waals surface area contributed by atoms with Crippen LogP contribution in [0.3, 0.4) is 0 Å². The molecule has 4 rings (SSSR count). The number of rotatable bonds is 7. The molecule has 4 nitrogen and oxygen atoms in total. The Balaban J connectivity index is 1.81. The van der Waals surface area contributed by atoms with Crippen LogP contribution >= 0.6 is 0 Å². The number of nitrogens with zero attached hydrogens (tertiary/aromatic N) is 1. The van der Waals surface area contributed by atoms with Gasteiger partial charge in [-0.3, -0.25) is 9.59 Å². The molecule has 0 bridgehead atoms. The molecule has 2 unspecified atom stereocenters. The molecule has 1 saturated carbocycles. The molecule has 0 aliphatic heterocycles. The fourth-order valence-corrected chi connectivity index (χ4v) is 5.34. The molecule has 1 heterocycles. The van der Waals surface area contributed by atoms with E-state index in [2.05, 4.69) is 61.0 Å². The minimum absolute atomic E-state index is 0.00842. The van der Waals surface area contributed by atoms with E-state index in [1.807, 2.05) is 6.92 Å². The molecule has 1 N–H and O–H groups in total. The van der Waals surface area contributed by atoms with E-state index in [-0.39, 0.29) is 17.5 Å². The third kappa shape index (κ3) is 4.35. The smallest absolute Gasteiger partial charge is 0.190 e. The summed E-state index contributed by atoms with van der Waals surface area (Å²) in [6.45, 7) is 9.01. The van der Waals surface area contributed by atoms with Crippen molar-refractivity contribution in [2.75, 3.05) is 5.32 Å². The van der Waals surface area contributed by atoms with Crippen LogP contribution in [0.2, 0.25) is 0 Å². The summed E-state index contributed by atoms with van der Waals surface area (Å²) < 4.78 is 2.17. The number of ketones is 2. The van der Waals surface area contributed by atoms with Crippen LogP contribution in [-0.4, -0.2) is 22.2 Å². The lowest BCUT2D eigenvalue weighted by Gasteiger charge is -2.29. The van der Waals surface area contributed by atoms with E-state index in [0.29, 0.717) is 24.9 Å². The number of carbonyl (C=O) groups excluding carboxylic acids is 2. The summed E-state index contributed by atoms with van der Waals surface area (Å²) in [7, 11) is 0. The van der Waals surface area contributed by atoms with Crippen LogP contribution in [0.25, 0.3) is 0 Å². The van der Waals surface area contributed by atoms with Gasteiger partial charge in [0, 0.05) is 18.5 Å². The minimum Gasteiger partial charge on any atom is -0.369 e. The second kappa shape index (κ2) is 9.02. The van der Waals surface area contributed by atoms with Crippen molar-refractivity contribution in [1.82, 2.24) is 4.57 Å². The Morgan fingerprint density at radius 3 is 2.35 bits per heavy atom. The topological polar surface area (TPSA) is 51.1 Å². The van der Waals surface area contributed by atoms with Crippen LogP contribution in [0.1, 0.15) is 92.4 Å². The highest BCUT2D eigenvalue weighted by atomic mass is 16.2. The molecule has 0 radical (unpaired) electrons. The summed E-state index contributed by atoms with van der Waals surface area (Å²) in [6.07, 6.45) is 6.21. The van der Waals surface area contributed by atoms with Crippen LogP contribution in [0.4, 0.5) is 5.82 Å². The average molecular weight is 421 g/mol. The molecule has 0 amide bonds. The molecular weight excluding hydrogens is 384 g/mol. The SMILES string of the molecule is CCC1C(=O)c2c(cc(NC3CCCC3)n2Cc2ccc(C)cc2)C(CC(C)C)C1=O. The number of anilines is 1. The highest BCUT2D eigenvalue weighted by Gasteiger charge is 2.43. The van der Waals surface area contributed by atoms with E-state index in [4.69, 9.17) is 0 Å². The molecule has 4 heteroatoms. The lowest BCUT2D eigenvalue weighted by Crippen LogP contribution is -2.36. The highest BCUT2D eigenvalue weighted by molar-refractivity contribution is 6.16. The first-order chi connectivity index (χ1) is 14.9. The molecule has 31 heavy (non-hydrogen) atoms. The summed E-state index contributed by atoms with van der Waals surface area (Å²) in [6, 6.07) is 11.1.